The van der Waals surface area contributed by atoms with Crippen molar-refractivity contribution in [1.29, 1.82) is 0 Å². The average Bonchev–Trinajstić information content (AvgIpc) is 3.03. The molecule has 0 unspecified atom stereocenters. The molecule has 4 rings (SSSR count). The maximum atomic E-state index is 13.1. The van der Waals surface area contributed by atoms with Crippen LogP contribution in [-0.4, -0.2) is 38.3 Å². The number of aryl methyl sites for hydroxylation is 1. The van der Waals surface area contributed by atoms with Crippen LogP contribution in [0, 0.1) is 0 Å². The monoisotopic (exact) mass is 398 g/mol. The van der Waals surface area contributed by atoms with Crippen LogP contribution in [0.15, 0.2) is 53.4 Å². The van der Waals surface area contributed by atoms with Crippen LogP contribution in [-0.2, 0) is 16.4 Å². The second-order valence-electron chi connectivity index (χ2n) is 7.54. The van der Waals surface area contributed by atoms with Crippen LogP contribution in [0.3, 0.4) is 0 Å². The third kappa shape index (κ3) is 3.71. The highest BCUT2D eigenvalue weighted by molar-refractivity contribution is 7.89. The summed E-state index contributed by atoms with van der Waals surface area (Å²) in [5.74, 6) is -0.0373. The molecule has 0 aliphatic carbocycles. The summed E-state index contributed by atoms with van der Waals surface area (Å²) in [4.78, 5) is 15.1. The van der Waals surface area contributed by atoms with E-state index in [2.05, 4.69) is 0 Å². The maximum Gasteiger partial charge on any atom is 0.258 e. The highest BCUT2D eigenvalue weighted by atomic mass is 32.2. The van der Waals surface area contributed by atoms with Crippen LogP contribution < -0.4 is 4.90 Å². The first-order valence-electron chi connectivity index (χ1n) is 10.1. The van der Waals surface area contributed by atoms with Gasteiger partial charge in [0.15, 0.2) is 0 Å². The van der Waals surface area contributed by atoms with Gasteiger partial charge in [-0.1, -0.05) is 31.0 Å². The van der Waals surface area contributed by atoms with Crippen molar-refractivity contribution < 1.29 is 13.2 Å². The molecular weight excluding hydrogens is 372 g/mol. The second kappa shape index (κ2) is 8.05. The Balaban J connectivity index is 1.64. The Morgan fingerprint density at radius 2 is 1.54 bits per heavy atom. The zero-order valence-electron chi connectivity index (χ0n) is 16.0. The van der Waals surface area contributed by atoms with Crippen molar-refractivity contribution in [3.8, 4) is 0 Å². The van der Waals surface area contributed by atoms with Crippen molar-refractivity contribution in [2.75, 3.05) is 24.5 Å². The smallest absolute Gasteiger partial charge is 0.258 e. The average molecular weight is 399 g/mol. The van der Waals surface area contributed by atoms with Gasteiger partial charge in [-0.25, -0.2) is 8.42 Å². The predicted molar refractivity (Wildman–Crippen MR) is 110 cm³/mol. The molecule has 2 aliphatic heterocycles. The molecule has 28 heavy (non-hydrogen) atoms. The van der Waals surface area contributed by atoms with Crippen molar-refractivity contribution in [2.24, 2.45) is 0 Å². The Bertz CT molecular complexity index is 949. The van der Waals surface area contributed by atoms with Crippen LogP contribution in [0.4, 0.5) is 5.69 Å². The second-order valence-corrected chi connectivity index (χ2v) is 9.47. The van der Waals surface area contributed by atoms with Gasteiger partial charge in [0.25, 0.3) is 5.91 Å². The molecule has 0 atom stereocenters. The Morgan fingerprint density at radius 1 is 0.821 bits per heavy atom. The van der Waals surface area contributed by atoms with E-state index >= 15 is 0 Å². The molecule has 0 bridgehead atoms. The molecule has 2 aliphatic rings. The number of anilines is 1. The lowest BCUT2D eigenvalue weighted by molar-refractivity contribution is 0.0985. The number of hydrogen-bond acceptors (Lipinski definition) is 3. The van der Waals surface area contributed by atoms with Gasteiger partial charge in [0, 0.05) is 30.9 Å². The number of fused-ring (bicyclic) bond motifs is 1. The van der Waals surface area contributed by atoms with E-state index in [1.807, 2.05) is 30.3 Å². The van der Waals surface area contributed by atoms with E-state index in [4.69, 9.17) is 0 Å². The molecular formula is C22H26N2O3S. The molecule has 0 saturated carbocycles. The number of sulfonamides is 1. The fraction of sp³-hybridized carbons (Fsp3) is 0.409. The quantitative estimate of drug-likeness (QED) is 0.789. The highest BCUT2D eigenvalue weighted by Gasteiger charge is 2.28. The summed E-state index contributed by atoms with van der Waals surface area (Å²) in [6.45, 7) is 1.84. The summed E-state index contributed by atoms with van der Waals surface area (Å²) in [6.07, 6.45) is 5.64. The molecule has 6 heteroatoms. The number of nitrogens with zero attached hydrogens (tertiary/aromatic N) is 2. The Hall–Kier alpha value is -2.18. The first-order chi connectivity index (χ1) is 13.6. The Morgan fingerprint density at radius 3 is 2.25 bits per heavy atom. The van der Waals surface area contributed by atoms with Gasteiger partial charge in [0.2, 0.25) is 10.0 Å². The molecule has 2 aromatic carbocycles. The van der Waals surface area contributed by atoms with E-state index in [1.165, 1.54) is 0 Å². The van der Waals surface area contributed by atoms with Gasteiger partial charge >= 0.3 is 0 Å². The van der Waals surface area contributed by atoms with Gasteiger partial charge in [0.1, 0.15) is 0 Å². The molecule has 2 aromatic rings. The normalized spacial score (nSPS) is 18.4. The Kier molecular flexibility index (Phi) is 5.51. The van der Waals surface area contributed by atoms with E-state index in [1.54, 1.807) is 27.4 Å². The fourth-order valence-electron chi connectivity index (χ4n) is 4.11. The SMILES string of the molecule is O=C(c1ccccc1)N1CCCc2cc(S(=O)(=O)N3CCCCCC3)ccc21. The summed E-state index contributed by atoms with van der Waals surface area (Å²) in [5, 5.41) is 0. The number of carbonyl (C=O) groups is 1. The molecule has 0 radical (unpaired) electrons. The molecule has 5 nitrogen and oxygen atoms in total. The van der Waals surface area contributed by atoms with E-state index in [9.17, 15) is 13.2 Å². The van der Waals surface area contributed by atoms with E-state index in [0.29, 0.717) is 30.1 Å². The topological polar surface area (TPSA) is 57.7 Å². The Labute approximate surface area is 167 Å². The molecule has 2 heterocycles. The van der Waals surface area contributed by atoms with E-state index in [-0.39, 0.29) is 5.91 Å². The third-order valence-electron chi connectivity index (χ3n) is 5.64. The first-order valence-corrected chi connectivity index (χ1v) is 11.5. The molecule has 0 spiro atoms. The maximum absolute atomic E-state index is 13.1. The van der Waals surface area contributed by atoms with Gasteiger partial charge in [0.05, 0.1) is 4.90 Å². The summed E-state index contributed by atoms with van der Waals surface area (Å²) < 4.78 is 27.8. The minimum absolute atomic E-state index is 0.0373. The lowest BCUT2D eigenvalue weighted by Crippen LogP contribution is -2.36. The number of rotatable bonds is 3. The van der Waals surface area contributed by atoms with Gasteiger partial charge in [-0.15, -0.1) is 0 Å². The fourth-order valence-corrected chi connectivity index (χ4v) is 5.68. The van der Waals surface area contributed by atoms with Gasteiger partial charge in [-0.2, -0.15) is 4.31 Å². The van der Waals surface area contributed by atoms with Crippen LogP contribution in [0.5, 0.6) is 0 Å². The van der Waals surface area contributed by atoms with E-state index < -0.39 is 10.0 Å². The summed E-state index contributed by atoms with van der Waals surface area (Å²) in [6, 6.07) is 14.5. The summed E-state index contributed by atoms with van der Waals surface area (Å²) in [5.41, 5.74) is 2.41. The molecule has 0 N–H and O–H groups in total. The third-order valence-corrected chi connectivity index (χ3v) is 7.53. The minimum atomic E-state index is -3.48. The van der Waals surface area contributed by atoms with Crippen molar-refractivity contribution in [1.82, 2.24) is 4.31 Å². The van der Waals surface area contributed by atoms with Crippen LogP contribution in [0.1, 0.15) is 48.0 Å². The van der Waals surface area contributed by atoms with Crippen LogP contribution in [0.25, 0.3) is 0 Å². The molecule has 1 saturated heterocycles. The molecule has 1 fully saturated rings. The lowest BCUT2D eigenvalue weighted by Gasteiger charge is -2.30. The van der Waals surface area contributed by atoms with Crippen molar-refractivity contribution in [2.45, 2.75) is 43.4 Å². The van der Waals surface area contributed by atoms with Crippen LogP contribution in [0.2, 0.25) is 0 Å². The number of carbonyl (C=O) groups excluding carboxylic acids is 1. The lowest BCUT2D eigenvalue weighted by atomic mass is 10.0. The summed E-state index contributed by atoms with van der Waals surface area (Å²) >= 11 is 0. The number of benzene rings is 2. The number of amides is 1. The first kappa shape index (κ1) is 19.2. The van der Waals surface area contributed by atoms with Gasteiger partial charge in [-0.3, -0.25) is 4.79 Å². The number of hydrogen-bond donors (Lipinski definition) is 0. The molecule has 148 valence electrons. The standard InChI is InChI=1S/C22H26N2O3S/c25-22(18-9-4-3-5-10-18)24-16-8-11-19-17-20(12-13-21(19)24)28(26,27)23-14-6-1-2-7-15-23/h3-5,9-10,12-13,17H,1-2,6-8,11,14-16H2. The summed E-state index contributed by atoms with van der Waals surface area (Å²) in [7, 11) is -3.48. The minimum Gasteiger partial charge on any atom is -0.308 e. The van der Waals surface area contributed by atoms with Crippen LogP contribution >= 0.6 is 0 Å². The zero-order chi connectivity index (χ0) is 19.6. The van der Waals surface area contributed by atoms with Crippen molar-refractivity contribution in [3.05, 3.63) is 59.7 Å². The highest BCUT2D eigenvalue weighted by Crippen LogP contribution is 2.32. The van der Waals surface area contributed by atoms with E-state index in [0.717, 1.165) is 49.8 Å². The van der Waals surface area contributed by atoms with Gasteiger partial charge < -0.3 is 4.90 Å². The molecule has 1 amide bonds. The van der Waals surface area contributed by atoms with Crippen molar-refractivity contribution in [3.63, 3.8) is 0 Å². The zero-order valence-corrected chi connectivity index (χ0v) is 16.8. The van der Waals surface area contributed by atoms with Crippen molar-refractivity contribution >= 4 is 21.6 Å². The largest absolute Gasteiger partial charge is 0.308 e. The molecule has 0 aromatic heterocycles. The van der Waals surface area contributed by atoms with Gasteiger partial charge in [-0.05, 0) is 61.6 Å². The predicted octanol–water partition coefficient (Wildman–Crippen LogP) is 3.84.